The molecule has 0 fully saturated rings. The van der Waals surface area contributed by atoms with Crippen molar-refractivity contribution in [1.82, 2.24) is 30.6 Å². The quantitative estimate of drug-likeness (QED) is 0.170. The Balaban J connectivity index is 0.000000227. The lowest BCUT2D eigenvalue weighted by molar-refractivity contribution is -0.158. The summed E-state index contributed by atoms with van der Waals surface area (Å²) in [6.07, 6.45) is 12.7. The Bertz CT molecular complexity index is 1710. The number of rotatable bonds is 10. The third-order valence-corrected chi connectivity index (χ3v) is 8.06. The average Bonchev–Trinajstić information content (AvgIpc) is 3.79. The molecule has 0 saturated carbocycles. The molecule has 0 aliphatic heterocycles. The number of aromatic nitrogens is 6. The number of carbonyl (C=O) groups excluding carboxylic acids is 3. The highest BCUT2D eigenvalue weighted by Gasteiger charge is 2.29. The van der Waals surface area contributed by atoms with E-state index in [9.17, 15) is 19.5 Å². The van der Waals surface area contributed by atoms with Crippen molar-refractivity contribution in [1.29, 1.82) is 0 Å². The maximum Gasteiger partial charge on any atom is 0.412 e. The molecule has 3 heterocycles. The van der Waals surface area contributed by atoms with Gasteiger partial charge in [-0.1, -0.05) is 6.07 Å². The van der Waals surface area contributed by atoms with Crippen molar-refractivity contribution in [2.45, 2.75) is 110 Å². The molecule has 1 aromatic carbocycles. The molecule has 4 aromatic rings. The standard InChI is InChI=1S/C23H27N3O4.C10H14N2O3.C5H6N2/c1-14(2)29-22(27)20(11-15-9-10-24-25-13-15)30-23(28)26-21-18-7-3-5-16(18)12-17-6-4-8-19(17)21;1-7(2)15-10(14)9(13)5-8-3-4-11-12-6-8;1-5-2-3-6-7-4-5/h9-10,12-14,20H,3-8,11H2,1-2H3,(H,26,28);3-4,6-7,9,13H,5H2,1-2H3;2-4H,1H3. The molecular weight excluding hydrogens is 666 g/mol. The summed E-state index contributed by atoms with van der Waals surface area (Å²) < 4.78 is 15.7. The van der Waals surface area contributed by atoms with Crippen LogP contribution in [0.25, 0.3) is 0 Å². The summed E-state index contributed by atoms with van der Waals surface area (Å²) in [6, 6.07) is 7.65. The van der Waals surface area contributed by atoms with Gasteiger partial charge in [0.25, 0.3) is 0 Å². The normalized spacial score (nSPS) is 13.7. The summed E-state index contributed by atoms with van der Waals surface area (Å²) in [4.78, 5) is 36.6. The van der Waals surface area contributed by atoms with E-state index in [2.05, 4.69) is 42.0 Å². The molecule has 2 atom stereocenters. The van der Waals surface area contributed by atoms with E-state index in [1.807, 2.05) is 13.0 Å². The van der Waals surface area contributed by atoms with Crippen LogP contribution in [0.5, 0.6) is 0 Å². The van der Waals surface area contributed by atoms with E-state index in [0.717, 1.165) is 60.9 Å². The zero-order chi connectivity index (χ0) is 37.5. The Morgan fingerprint density at radius 1 is 0.692 bits per heavy atom. The largest absolute Gasteiger partial charge is 0.461 e. The van der Waals surface area contributed by atoms with Gasteiger partial charge in [-0.3, -0.25) is 5.32 Å². The van der Waals surface area contributed by atoms with Crippen LogP contribution in [-0.2, 0) is 62.3 Å². The number of aliphatic hydroxyl groups is 1. The first-order chi connectivity index (χ1) is 25.0. The third-order valence-electron chi connectivity index (χ3n) is 8.06. The van der Waals surface area contributed by atoms with Crippen LogP contribution in [0.2, 0.25) is 0 Å². The molecule has 14 nitrogen and oxygen atoms in total. The van der Waals surface area contributed by atoms with Crippen molar-refractivity contribution in [2.75, 3.05) is 5.32 Å². The highest BCUT2D eigenvalue weighted by molar-refractivity contribution is 5.90. The number of hydrogen-bond donors (Lipinski definition) is 2. The number of aliphatic hydroxyl groups excluding tert-OH is 1. The van der Waals surface area contributed by atoms with Gasteiger partial charge in [0.15, 0.2) is 6.10 Å². The minimum Gasteiger partial charge on any atom is -0.461 e. The van der Waals surface area contributed by atoms with Crippen LogP contribution in [0.1, 0.15) is 79.5 Å². The molecule has 6 rings (SSSR count). The molecule has 14 heteroatoms. The monoisotopic (exact) mass is 713 g/mol. The van der Waals surface area contributed by atoms with Crippen molar-refractivity contribution in [3.63, 3.8) is 0 Å². The number of fused-ring (bicyclic) bond motifs is 2. The first-order valence-corrected chi connectivity index (χ1v) is 17.5. The summed E-state index contributed by atoms with van der Waals surface area (Å²) in [5.74, 6) is -1.18. The van der Waals surface area contributed by atoms with E-state index in [1.165, 1.54) is 40.8 Å². The van der Waals surface area contributed by atoms with Crippen LogP contribution in [0, 0.1) is 6.92 Å². The fraction of sp³-hybridized carbons (Fsp3) is 0.447. The molecule has 0 saturated heterocycles. The fourth-order valence-electron chi connectivity index (χ4n) is 5.78. The van der Waals surface area contributed by atoms with Crippen LogP contribution in [-0.4, -0.2) is 78.1 Å². The molecule has 2 aliphatic carbocycles. The third kappa shape index (κ3) is 12.4. The number of nitrogens with one attached hydrogen (secondary N) is 1. The molecule has 2 unspecified atom stereocenters. The lowest BCUT2D eigenvalue weighted by Gasteiger charge is -2.20. The summed E-state index contributed by atoms with van der Waals surface area (Å²) in [5.41, 5.74) is 8.61. The van der Waals surface area contributed by atoms with Crippen molar-refractivity contribution in [3.8, 4) is 0 Å². The molecule has 3 aromatic heterocycles. The van der Waals surface area contributed by atoms with Crippen LogP contribution in [0.3, 0.4) is 0 Å². The highest BCUT2D eigenvalue weighted by Crippen LogP contribution is 2.38. The van der Waals surface area contributed by atoms with Gasteiger partial charge in [-0.2, -0.15) is 30.6 Å². The minimum atomic E-state index is -1.14. The number of ether oxygens (including phenoxy) is 3. The summed E-state index contributed by atoms with van der Waals surface area (Å²) >= 11 is 0. The molecule has 2 aliphatic rings. The van der Waals surface area contributed by atoms with Gasteiger partial charge in [0.2, 0.25) is 6.10 Å². The summed E-state index contributed by atoms with van der Waals surface area (Å²) in [7, 11) is 0. The van der Waals surface area contributed by atoms with Crippen molar-refractivity contribution in [3.05, 3.63) is 100 Å². The van der Waals surface area contributed by atoms with E-state index in [4.69, 9.17) is 14.2 Å². The Morgan fingerprint density at radius 2 is 1.21 bits per heavy atom. The Kier molecular flexibility index (Phi) is 15.1. The van der Waals surface area contributed by atoms with E-state index in [-0.39, 0.29) is 25.0 Å². The molecule has 1 amide bonds. The van der Waals surface area contributed by atoms with Gasteiger partial charge in [0, 0.05) is 31.4 Å². The molecule has 0 bridgehead atoms. The number of aryl methyl sites for hydroxylation is 3. The predicted molar refractivity (Wildman–Crippen MR) is 191 cm³/mol. The van der Waals surface area contributed by atoms with Crippen LogP contribution in [0.4, 0.5) is 10.5 Å². The second kappa shape index (κ2) is 19.9. The Hall–Kier alpha value is -5.37. The van der Waals surface area contributed by atoms with Crippen molar-refractivity contribution >= 4 is 23.7 Å². The number of hydrogen-bond acceptors (Lipinski definition) is 13. The maximum atomic E-state index is 12.8. The fourth-order valence-corrected chi connectivity index (χ4v) is 5.78. The lowest BCUT2D eigenvalue weighted by Crippen LogP contribution is -2.34. The second-order valence-corrected chi connectivity index (χ2v) is 13.1. The van der Waals surface area contributed by atoms with E-state index < -0.39 is 30.2 Å². The van der Waals surface area contributed by atoms with Crippen LogP contribution >= 0.6 is 0 Å². The second-order valence-electron chi connectivity index (χ2n) is 13.1. The zero-order valence-electron chi connectivity index (χ0n) is 30.3. The first kappa shape index (κ1) is 39.4. The Morgan fingerprint density at radius 3 is 1.67 bits per heavy atom. The van der Waals surface area contributed by atoms with Gasteiger partial charge in [0.1, 0.15) is 0 Å². The van der Waals surface area contributed by atoms with E-state index >= 15 is 0 Å². The minimum absolute atomic E-state index is 0.180. The average molecular weight is 714 g/mol. The van der Waals surface area contributed by atoms with Crippen LogP contribution in [0.15, 0.2) is 61.4 Å². The number of nitrogens with zero attached hydrogens (tertiary/aromatic N) is 6. The molecule has 52 heavy (non-hydrogen) atoms. The molecule has 0 radical (unpaired) electrons. The van der Waals surface area contributed by atoms with E-state index in [1.54, 1.807) is 58.4 Å². The number of benzene rings is 1. The molecule has 0 spiro atoms. The SMILES string of the molecule is CC(C)OC(=O)C(Cc1ccnnc1)OC(=O)Nc1c2c(cc3c1CCC3)CCC2.CC(C)OC(=O)C(O)Cc1ccnnc1.Cc1ccnnc1. The molecular formula is C38H47N7O7. The predicted octanol–water partition coefficient (Wildman–Crippen LogP) is 4.68. The van der Waals surface area contributed by atoms with Gasteiger partial charge in [-0.15, -0.1) is 0 Å². The number of esters is 2. The van der Waals surface area contributed by atoms with Crippen molar-refractivity contribution < 1.29 is 33.7 Å². The van der Waals surface area contributed by atoms with Gasteiger partial charge in [-0.05, 0) is 130 Å². The summed E-state index contributed by atoms with van der Waals surface area (Å²) in [6.45, 7) is 8.98. The number of carbonyl (C=O) groups is 3. The maximum absolute atomic E-state index is 12.8. The first-order valence-electron chi connectivity index (χ1n) is 17.5. The number of anilines is 1. The van der Waals surface area contributed by atoms with Gasteiger partial charge >= 0.3 is 18.0 Å². The highest BCUT2D eigenvalue weighted by atomic mass is 16.6. The van der Waals surface area contributed by atoms with Gasteiger partial charge in [0.05, 0.1) is 36.5 Å². The molecule has 276 valence electrons. The lowest BCUT2D eigenvalue weighted by atomic mass is 9.99. The zero-order valence-corrected chi connectivity index (χ0v) is 30.3. The Labute approximate surface area is 303 Å². The van der Waals surface area contributed by atoms with E-state index in [0.29, 0.717) is 0 Å². The van der Waals surface area contributed by atoms with Crippen LogP contribution < -0.4 is 5.32 Å². The topological polar surface area (TPSA) is 188 Å². The smallest absolute Gasteiger partial charge is 0.412 e. The van der Waals surface area contributed by atoms with Crippen molar-refractivity contribution in [2.24, 2.45) is 0 Å². The number of amides is 1. The summed E-state index contributed by atoms with van der Waals surface area (Å²) in [5, 5.41) is 34.5. The van der Waals surface area contributed by atoms with Gasteiger partial charge < -0.3 is 19.3 Å². The molecule has 2 N–H and O–H groups in total. The van der Waals surface area contributed by atoms with Gasteiger partial charge in [-0.25, -0.2) is 14.4 Å².